The molecule has 0 bridgehead atoms. The fraction of sp³-hybridized carbons (Fsp3) is 0.562. The molecule has 0 aliphatic carbocycles. The highest BCUT2D eigenvalue weighted by Crippen LogP contribution is 2.32. The second kappa shape index (κ2) is 7.79. The van der Waals surface area contributed by atoms with Gasteiger partial charge in [-0.15, -0.1) is 0 Å². The van der Waals surface area contributed by atoms with Gasteiger partial charge in [0.1, 0.15) is 0 Å². The zero-order valence-electron chi connectivity index (χ0n) is 13.5. The van der Waals surface area contributed by atoms with Crippen LogP contribution in [0, 0.1) is 0 Å². The Morgan fingerprint density at radius 2 is 1.91 bits per heavy atom. The summed E-state index contributed by atoms with van der Waals surface area (Å²) in [6.07, 6.45) is -4.64. The van der Waals surface area contributed by atoms with E-state index in [9.17, 15) is 18.0 Å². The van der Waals surface area contributed by atoms with Gasteiger partial charge in [-0.25, -0.2) is 0 Å². The van der Waals surface area contributed by atoms with E-state index in [0.717, 1.165) is 12.1 Å². The Balaban J connectivity index is 2.74. The van der Waals surface area contributed by atoms with Crippen molar-refractivity contribution in [1.82, 2.24) is 5.32 Å². The van der Waals surface area contributed by atoms with E-state index in [1.165, 1.54) is 13.2 Å². The molecule has 1 aromatic rings. The molecule has 0 radical (unpaired) electrons. The summed E-state index contributed by atoms with van der Waals surface area (Å²) in [5.41, 5.74) is 4.63. The number of alkyl halides is 3. The van der Waals surface area contributed by atoms with Crippen molar-refractivity contribution in [3.05, 3.63) is 35.4 Å². The topological polar surface area (TPSA) is 64.3 Å². The molecule has 3 N–H and O–H groups in total. The van der Waals surface area contributed by atoms with Crippen molar-refractivity contribution in [2.24, 2.45) is 5.73 Å². The summed E-state index contributed by atoms with van der Waals surface area (Å²) in [4.78, 5) is 11.8. The third kappa shape index (κ3) is 5.84. The number of nitrogens with two attached hydrogens (primary N) is 1. The highest BCUT2D eigenvalue weighted by atomic mass is 19.4. The molecule has 1 unspecified atom stereocenters. The molecule has 130 valence electrons. The van der Waals surface area contributed by atoms with Crippen molar-refractivity contribution in [1.29, 1.82) is 0 Å². The first-order valence-corrected chi connectivity index (χ1v) is 7.27. The Hall–Kier alpha value is -1.60. The van der Waals surface area contributed by atoms with Crippen molar-refractivity contribution in [2.45, 2.75) is 38.0 Å². The lowest BCUT2D eigenvalue weighted by Crippen LogP contribution is -2.39. The van der Waals surface area contributed by atoms with Crippen LogP contribution in [0.3, 0.4) is 0 Å². The molecule has 1 rings (SSSR count). The van der Waals surface area contributed by atoms with Gasteiger partial charge >= 0.3 is 6.18 Å². The van der Waals surface area contributed by atoms with Crippen molar-refractivity contribution in [2.75, 3.05) is 20.2 Å². The Morgan fingerprint density at radius 3 is 2.43 bits per heavy atom. The number of methoxy groups -OCH3 is 1. The Bertz CT molecular complexity index is 526. The summed E-state index contributed by atoms with van der Waals surface area (Å²) in [7, 11) is 1.47. The first-order valence-electron chi connectivity index (χ1n) is 7.27. The van der Waals surface area contributed by atoms with Crippen molar-refractivity contribution < 1.29 is 22.7 Å². The van der Waals surface area contributed by atoms with Crippen LogP contribution in [0.2, 0.25) is 0 Å². The van der Waals surface area contributed by atoms with E-state index in [4.69, 9.17) is 10.5 Å². The molecule has 0 aliphatic rings. The summed E-state index contributed by atoms with van der Waals surface area (Å²) in [6, 6.07) is 5.14. The van der Waals surface area contributed by atoms with E-state index >= 15 is 0 Å². The van der Waals surface area contributed by atoms with Crippen LogP contribution in [0.1, 0.15) is 31.4 Å². The molecule has 0 spiro atoms. The third-order valence-electron chi connectivity index (χ3n) is 3.71. The number of amides is 1. The van der Waals surface area contributed by atoms with Gasteiger partial charge in [-0.1, -0.05) is 32.0 Å². The number of benzene rings is 1. The first kappa shape index (κ1) is 19.4. The fourth-order valence-electron chi connectivity index (χ4n) is 2.08. The molecule has 0 heterocycles. The molecule has 0 aliphatic heterocycles. The van der Waals surface area contributed by atoms with E-state index < -0.39 is 17.2 Å². The zero-order valence-corrected chi connectivity index (χ0v) is 13.5. The average Bonchev–Trinajstić information content (AvgIpc) is 2.50. The van der Waals surface area contributed by atoms with Gasteiger partial charge in [0.05, 0.1) is 18.1 Å². The van der Waals surface area contributed by atoms with Crippen LogP contribution in [0.15, 0.2) is 24.3 Å². The number of hydrogen-bond donors (Lipinski definition) is 2. The number of rotatable bonds is 7. The SMILES string of the molecule is COC(CN)CC(=O)NCC(C)(C)c1cccc(C(F)(F)F)c1. The second-order valence-electron chi connectivity index (χ2n) is 6.04. The predicted octanol–water partition coefficient (Wildman–Crippen LogP) is 2.46. The van der Waals surface area contributed by atoms with Crippen LogP contribution in [0.25, 0.3) is 0 Å². The van der Waals surface area contributed by atoms with E-state index in [-0.39, 0.29) is 31.5 Å². The van der Waals surface area contributed by atoms with Crippen LogP contribution in [0.4, 0.5) is 13.2 Å². The highest BCUT2D eigenvalue weighted by molar-refractivity contribution is 5.76. The van der Waals surface area contributed by atoms with Gasteiger partial charge < -0.3 is 15.8 Å². The summed E-state index contributed by atoms with van der Waals surface area (Å²) in [6.45, 7) is 3.99. The smallest absolute Gasteiger partial charge is 0.380 e. The van der Waals surface area contributed by atoms with Crippen LogP contribution in [-0.2, 0) is 21.1 Å². The highest BCUT2D eigenvalue weighted by Gasteiger charge is 2.32. The maximum Gasteiger partial charge on any atom is 0.416 e. The summed E-state index contributed by atoms with van der Waals surface area (Å²) in [5, 5.41) is 2.72. The van der Waals surface area contributed by atoms with E-state index in [0.29, 0.717) is 5.56 Å². The number of ether oxygens (including phenoxy) is 1. The number of carbonyl (C=O) groups excluding carboxylic acids is 1. The fourth-order valence-corrected chi connectivity index (χ4v) is 2.08. The van der Waals surface area contributed by atoms with Crippen molar-refractivity contribution >= 4 is 5.91 Å². The van der Waals surface area contributed by atoms with E-state index in [1.807, 2.05) is 0 Å². The molecule has 4 nitrogen and oxygen atoms in total. The van der Waals surface area contributed by atoms with Crippen molar-refractivity contribution in [3.8, 4) is 0 Å². The molecule has 0 fully saturated rings. The molecule has 1 atom stereocenters. The normalized spacial score (nSPS) is 13.7. The molecular weight excluding hydrogens is 309 g/mol. The quantitative estimate of drug-likeness (QED) is 0.806. The summed E-state index contributed by atoms with van der Waals surface area (Å²) >= 11 is 0. The average molecular weight is 332 g/mol. The van der Waals surface area contributed by atoms with Crippen LogP contribution in [0.5, 0.6) is 0 Å². The van der Waals surface area contributed by atoms with Gasteiger partial charge in [0.2, 0.25) is 5.91 Å². The minimum Gasteiger partial charge on any atom is -0.380 e. The third-order valence-corrected chi connectivity index (χ3v) is 3.71. The number of carbonyl (C=O) groups is 1. The predicted molar refractivity (Wildman–Crippen MR) is 81.9 cm³/mol. The lowest BCUT2D eigenvalue weighted by atomic mass is 9.83. The molecule has 7 heteroatoms. The van der Waals surface area contributed by atoms with Crippen LogP contribution >= 0.6 is 0 Å². The molecule has 0 saturated heterocycles. The van der Waals surface area contributed by atoms with Gasteiger partial charge in [0.25, 0.3) is 0 Å². The monoisotopic (exact) mass is 332 g/mol. The molecule has 0 saturated carbocycles. The summed E-state index contributed by atoms with van der Waals surface area (Å²) < 4.78 is 43.4. The number of hydrogen-bond acceptors (Lipinski definition) is 3. The van der Waals surface area contributed by atoms with Gasteiger partial charge in [-0.2, -0.15) is 13.2 Å². The second-order valence-corrected chi connectivity index (χ2v) is 6.04. The first-order chi connectivity index (χ1) is 10.6. The van der Waals surface area contributed by atoms with Crippen molar-refractivity contribution in [3.63, 3.8) is 0 Å². The van der Waals surface area contributed by atoms with Gasteiger partial charge in [0, 0.05) is 25.6 Å². The van der Waals surface area contributed by atoms with Gasteiger partial charge in [-0.05, 0) is 11.6 Å². The van der Waals surface area contributed by atoms with E-state index in [2.05, 4.69) is 5.32 Å². The minimum atomic E-state index is -4.39. The van der Waals surface area contributed by atoms with E-state index in [1.54, 1.807) is 19.9 Å². The van der Waals surface area contributed by atoms with Crippen LogP contribution < -0.4 is 11.1 Å². The maximum absolute atomic E-state index is 12.8. The van der Waals surface area contributed by atoms with Gasteiger partial charge in [0.15, 0.2) is 0 Å². The van der Waals surface area contributed by atoms with Crippen LogP contribution in [-0.4, -0.2) is 32.2 Å². The zero-order chi connectivity index (χ0) is 17.7. The Kier molecular flexibility index (Phi) is 6.58. The molecule has 1 amide bonds. The number of nitrogens with one attached hydrogen (secondary N) is 1. The molecule has 23 heavy (non-hydrogen) atoms. The lowest BCUT2D eigenvalue weighted by molar-refractivity contribution is -0.137. The molecule has 1 aromatic carbocycles. The number of halogens is 3. The minimum absolute atomic E-state index is 0.117. The molecule has 0 aromatic heterocycles. The maximum atomic E-state index is 12.8. The van der Waals surface area contributed by atoms with Gasteiger partial charge in [-0.3, -0.25) is 4.79 Å². The summed E-state index contributed by atoms with van der Waals surface area (Å²) in [5.74, 6) is -0.248. The Labute approximate surface area is 134 Å². The largest absolute Gasteiger partial charge is 0.416 e. The Morgan fingerprint density at radius 1 is 1.30 bits per heavy atom. The standard InChI is InChI=1S/C16H23F3N2O2/c1-15(2,10-21-14(22)8-13(9-20)23-3)11-5-4-6-12(7-11)16(17,18)19/h4-7,13H,8-10,20H2,1-3H3,(H,21,22). The lowest BCUT2D eigenvalue weighted by Gasteiger charge is -2.27. The molecular formula is C16H23F3N2O2.